The molecule has 0 atom stereocenters. The summed E-state index contributed by atoms with van der Waals surface area (Å²) in [7, 11) is 0. The molecule has 4 rings (SSSR count). The summed E-state index contributed by atoms with van der Waals surface area (Å²) in [5, 5.41) is 7.35. The van der Waals surface area contributed by atoms with Gasteiger partial charge < -0.3 is 0 Å². The Morgan fingerprint density at radius 3 is 2.53 bits per heavy atom. The van der Waals surface area contributed by atoms with Crippen molar-refractivity contribution >= 4 is 58.7 Å². The van der Waals surface area contributed by atoms with Gasteiger partial charge in [0, 0.05) is 0 Å². The summed E-state index contributed by atoms with van der Waals surface area (Å²) in [6.07, 6.45) is 0. The molecule has 0 aliphatic heterocycles. The summed E-state index contributed by atoms with van der Waals surface area (Å²) in [6.45, 7) is 0. The molecule has 0 N–H and O–H groups in total. The first-order valence-electron chi connectivity index (χ1n) is 5.92. The minimum absolute atomic E-state index is 0.265. The second-order valence-corrected chi connectivity index (χ2v) is 7.63. The summed E-state index contributed by atoms with van der Waals surface area (Å²) >= 11 is 7.71. The van der Waals surface area contributed by atoms with Crippen molar-refractivity contribution in [1.29, 1.82) is 0 Å². The Kier molecular flexibility index (Phi) is 2.71. The molecule has 0 saturated heterocycles. The van der Waals surface area contributed by atoms with Crippen molar-refractivity contribution in [3.8, 4) is 5.00 Å². The number of hydrogen-bond acceptors (Lipinski definition) is 2. The Labute approximate surface area is 125 Å². The third-order valence-electron chi connectivity index (χ3n) is 3.16. The standard InChI is InChI=1S/C15H9NS2Se/c17-14-12-7-3-4-8-13(12)19-16(14)15-11-6-2-1-5-10(11)9-18-15/h1-9H. The van der Waals surface area contributed by atoms with Crippen LogP contribution in [0.4, 0.5) is 0 Å². The van der Waals surface area contributed by atoms with Gasteiger partial charge in [-0.3, -0.25) is 0 Å². The maximum absolute atomic E-state index is 5.65. The Bertz CT molecular complexity index is 945. The van der Waals surface area contributed by atoms with E-state index in [0.29, 0.717) is 0 Å². The van der Waals surface area contributed by atoms with Gasteiger partial charge in [-0.2, -0.15) is 0 Å². The molecule has 2 aromatic heterocycles. The summed E-state index contributed by atoms with van der Waals surface area (Å²) < 4.78 is 4.68. The molecule has 4 aromatic rings. The van der Waals surface area contributed by atoms with Crippen LogP contribution in [0.15, 0.2) is 53.9 Å². The molecule has 19 heavy (non-hydrogen) atoms. The molecule has 2 heterocycles. The van der Waals surface area contributed by atoms with Crippen molar-refractivity contribution in [3.05, 3.63) is 58.6 Å². The topological polar surface area (TPSA) is 4.93 Å². The molecule has 0 unspecified atom stereocenters. The Balaban J connectivity index is 2.10. The second kappa shape index (κ2) is 4.43. The average molecular weight is 346 g/mol. The average Bonchev–Trinajstić information content (AvgIpc) is 3.01. The van der Waals surface area contributed by atoms with E-state index in [0.717, 1.165) is 4.64 Å². The van der Waals surface area contributed by atoms with Crippen LogP contribution in [0.1, 0.15) is 0 Å². The molecule has 0 radical (unpaired) electrons. The van der Waals surface area contributed by atoms with Gasteiger partial charge in [0.1, 0.15) is 0 Å². The summed E-state index contributed by atoms with van der Waals surface area (Å²) in [4.78, 5) is 0. The normalized spacial score (nSPS) is 11.4. The van der Waals surface area contributed by atoms with E-state index in [1.54, 1.807) is 11.3 Å². The molecule has 4 heteroatoms. The zero-order valence-corrected chi connectivity index (χ0v) is 13.2. The van der Waals surface area contributed by atoms with Gasteiger partial charge in [-0.05, 0) is 0 Å². The van der Waals surface area contributed by atoms with E-state index in [-0.39, 0.29) is 14.7 Å². The van der Waals surface area contributed by atoms with Gasteiger partial charge in [0.25, 0.3) is 0 Å². The molecular weight excluding hydrogens is 337 g/mol. The van der Waals surface area contributed by atoms with Gasteiger partial charge in [-0.15, -0.1) is 0 Å². The third-order valence-corrected chi connectivity index (χ3v) is 7.40. The van der Waals surface area contributed by atoms with Crippen LogP contribution in [-0.4, -0.2) is 18.3 Å². The first-order valence-corrected chi connectivity index (χ1v) is 8.83. The van der Waals surface area contributed by atoms with Crippen molar-refractivity contribution in [2.75, 3.05) is 0 Å². The fourth-order valence-electron chi connectivity index (χ4n) is 2.24. The third kappa shape index (κ3) is 1.76. The maximum atomic E-state index is 5.65. The number of benzene rings is 2. The molecule has 1 nitrogen and oxygen atoms in total. The Hall–Kier alpha value is -1.19. The van der Waals surface area contributed by atoms with Crippen molar-refractivity contribution < 1.29 is 0 Å². The fourth-order valence-corrected chi connectivity index (χ4v) is 6.33. The minimum atomic E-state index is 0.265. The zero-order chi connectivity index (χ0) is 12.8. The van der Waals surface area contributed by atoms with Crippen LogP contribution in [0.25, 0.3) is 25.4 Å². The molecule has 92 valence electrons. The summed E-state index contributed by atoms with van der Waals surface area (Å²) in [5.74, 6) is 0. The van der Waals surface area contributed by atoms with Gasteiger partial charge in [0.15, 0.2) is 0 Å². The van der Waals surface area contributed by atoms with Crippen molar-refractivity contribution in [1.82, 2.24) is 3.56 Å². The monoisotopic (exact) mass is 347 g/mol. The Morgan fingerprint density at radius 1 is 0.947 bits per heavy atom. The van der Waals surface area contributed by atoms with E-state index in [4.69, 9.17) is 12.2 Å². The van der Waals surface area contributed by atoms with Gasteiger partial charge in [-0.1, -0.05) is 0 Å². The number of nitrogens with zero attached hydrogens (tertiary/aromatic N) is 1. The molecule has 0 saturated carbocycles. The number of fused-ring (bicyclic) bond motifs is 2. The van der Waals surface area contributed by atoms with Gasteiger partial charge in [0.05, 0.1) is 0 Å². The number of rotatable bonds is 1. The van der Waals surface area contributed by atoms with Crippen molar-refractivity contribution in [3.63, 3.8) is 0 Å². The predicted molar refractivity (Wildman–Crippen MR) is 86.4 cm³/mol. The molecule has 0 aliphatic carbocycles. The van der Waals surface area contributed by atoms with E-state index in [1.165, 1.54) is 25.4 Å². The summed E-state index contributed by atoms with van der Waals surface area (Å²) in [5.41, 5.74) is 0. The fraction of sp³-hybridized carbons (Fsp3) is 0. The molecule has 0 bridgehead atoms. The van der Waals surface area contributed by atoms with Gasteiger partial charge in [0.2, 0.25) is 0 Å². The molecule has 0 fully saturated rings. The first kappa shape index (κ1) is 11.6. The Morgan fingerprint density at radius 2 is 1.68 bits per heavy atom. The van der Waals surface area contributed by atoms with Crippen molar-refractivity contribution in [2.24, 2.45) is 0 Å². The quantitative estimate of drug-likeness (QED) is 0.359. The van der Waals surface area contributed by atoms with Crippen molar-refractivity contribution in [2.45, 2.75) is 0 Å². The van der Waals surface area contributed by atoms with Crippen LogP contribution < -0.4 is 0 Å². The predicted octanol–water partition coefficient (Wildman–Crippen LogP) is 4.63. The van der Waals surface area contributed by atoms with Crippen LogP contribution in [-0.2, 0) is 0 Å². The van der Waals surface area contributed by atoms with E-state index < -0.39 is 0 Å². The number of hydrogen-bond donors (Lipinski definition) is 0. The van der Waals surface area contributed by atoms with E-state index in [9.17, 15) is 0 Å². The molecule has 0 spiro atoms. The molecular formula is C15H9NS2Se. The molecule has 0 amide bonds. The number of aromatic nitrogens is 1. The first-order chi connectivity index (χ1) is 9.34. The van der Waals surface area contributed by atoms with Gasteiger partial charge >= 0.3 is 126 Å². The van der Waals surface area contributed by atoms with E-state index in [1.807, 2.05) is 0 Å². The second-order valence-electron chi connectivity index (χ2n) is 4.32. The van der Waals surface area contributed by atoms with Crippen LogP contribution in [0, 0.1) is 4.64 Å². The molecule has 0 aliphatic rings. The van der Waals surface area contributed by atoms with E-state index >= 15 is 0 Å². The zero-order valence-electron chi connectivity index (χ0n) is 9.87. The van der Waals surface area contributed by atoms with E-state index in [2.05, 4.69) is 57.5 Å². The molecule has 2 aromatic carbocycles. The summed E-state index contributed by atoms with van der Waals surface area (Å²) in [6, 6.07) is 17.0. The van der Waals surface area contributed by atoms with Crippen LogP contribution in [0.3, 0.4) is 0 Å². The van der Waals surface area contributed by atoms with Gasteiger partial charge in [-0.25, -0.2) is 0 Å². The van der Waals surface area contributed by atoms with Crippen LogP contribution >= 0.6 is 23.6 Å². The number of thiophene rings is 1. The SMILES string of the molecule is S=c1c2ccccc2[se]n1-c1scc2ccccc12. The van der Waals surface area contributed by atoms with Crippen LogP contribution in [0.5, 0.6) is 0 Å². The van der Waals surface area contributed by atoms with Crippen LogP contribution in [0.2, 0.25) is 0 Å².